The summed E-state index contributed by atoms with van der Waals surface area (Å²) in [5, 5.41) is 18.0. The number of rotatable bonds is 7. The summed E-state index contributed by atoms with van der Waals surface area (Å²) >= 11 is 10.4. The number of thiophene rings is 2. The second-order valence-electron chi connectivity index (χ2n) is 8.00. The molecule has 5 rings (SSSR count). The summed E-state index contributed by atoms with van der Waals surface area (Å²) in [6.45, 7) is 0.0359. The average Bonchev–Trinajstić information content (AvgIpc) is 3.52. The van der Waals surface area contributed by atoms with E-state index in [0.717, 1.165) is 13.8 Å². The Morgan fingerprint density at radius 2 is 2.11 bits per heavy atom. The summed E-state index contributed by atoms with van der Waals surface area (Å²) < 4.78 is 2.79. The van der Waals surface area contributed by atoms with Crippen LogP contribution in [0.15, 0.2) is 53.9 Å². The molecule has 2 aliphatic rings. The molecule has 5 heterocycles. The Hall–Kier alpha value is -1.64. The van der Waals surface area contributed by atoms with Gasteiger partial charge in [-0.15, -0.1) is 45.8 Å². The molecule has 3 aromatic rings. The van der Waals surface area contributed by atoms with Gasteiger partial charge in [0, 0.05) is 17.2 Å². The molecule has 2 amide bonds. The fraction of sp³-hybridized carbons (Fsp3) is 0.273. The Labute approximate surface area is 228 Å². The molecule has 7 nitrogen and oxygen atoms in total. The Morgan fingerprint density at radius 3 is 2.86 bits per heavy atom. The minimum Gasteiger partial charge on any atom is -0.481 e. The maximum Gasteiger partial charge on any atom is 0.316 e. The molecule has 3 aromatic heterocycles. The number of thioether (sulfide) groups is 2. The van der Waals surface area contributed by atoms with Crippen molar-refractivity contribution < 1.29 is 19.5 Å². The fourth-order valence-electron chi connectivity index (χ4n) is 3.87. The summed E-state index contributed by atoms with van der Waals surface area (Å²) in [4.78, 5) is 52.3. The SMILES string of the molecule is O=C(Cc1cccs1)NC1C(=O)N2CC(C=CSc3sc4ccsc4c(=O)c3Br)(C(=O)O)CS[C@H]12. The topological polar surface area (TPSA) is 104 Å². The lowest BCUT2D eigenvalue weighted by Crippen LogP contribution is -2.73. The molecule has 0 radical (unpaired) electrons. The van der Waals surface area contributed by atoms with Crippen molar-refractivity contribution in [1.29, 1.82) is 0 Å². The van der Waals surface area contributed by atoms with Gasteiger partial charge in [0.15, 0.2) is 0 Å². The van der Waals surface area contributed by atoms with Gasteiger partial charge in [-0.2, -0.15) is 0 Å². The zero-order chi connectivity index (χ0) is 24.7. The second-order valence-corrected chi connectivity index (χ2v) is 14.1. The highest BCUT2D eigenvalue weighted by atomic mass is 79.9. The maximum absolute atomic E-state index is 12.8. The highest BCUT2D eigenvalue weighted by molar-refractivity contribution is 9.10. The van der Waals surface area contributed by atoms with E-state index in [0.29, 0.717) is 9.17 Å². The van der Waals surface area contributed by atoms with Gasteiger partial charge in [0.25, 0.3) is 0 Å². The van der Waals surface area contributed by atoms with Crippen LogP contribution < -0.4 is 10.7 Å². The number of β-lactam (4-membered cyclic amide) rings is 1. The van der Waals surface area contributed by atoms with E-state index < -0.39 is 17.4 Å². The molecular formula is C22H17BrN2O5S5. The first kappa shape index (κ1) is 25.0. The third-order valence-electron chi connectivity index (χ3n) is 5.74. The van der Waals surface area contributed by atoms with Crippen LogP contribution in [0.1, 0.15) is 4.88 Å². The Bertz CT molecular complexity index is 1400. The van der Waals surface area contributed by atoms with Crippen LogP contribution in [-0.4, -0.2) is 51.5 Å². The molecular weight excluding hydrogens is 612 g/mol. The standard InChI is InChI=1S/C22H17BrN2O5S5/c23-14-16(27)17-12(3-6-32-17)35-20(14)33-7-4-22(21(29)30)9-25-18(28)15(19(25)34-10-22)24-13(26)8-11-2-1-5-31-11/h1-7,15,19H,8-10H2,(H,24,26)(H,29,30)/t15?,19-,22?/m1/s1. The molecule has 2 aliphatic heterocycles. The second kappa shape index (κ2) is 10.0. The molecule has 0 bridgehead atoms. The number of nitrogens with one attached hydrogen (secondary N) is 1. The summed E-state index contributed by atoms with van der Waals surface area (Å²) in [5.74, 6) is -1.23. The molecule has 13 heteroatoms. The zero-order valence-electron chi connectivity index (χ0n) is 17.8. The maximum atomic E-state index is 12.8. The Balaban J connectivity index is 1.26. The van der Waals surface area contributed by atoms with Crippen molar-refractivity contribution in [2.45, 2.75) is 22.0 Å². The molecule has 35 heavy (non-hydrogen) atoms. The third-order valence-corrected chi connectivity index (χ3v) is 12.7. The van der Waals surface area contributed by atoms with E-state index >= 15 is 0 Å². The fourth-order valence-corrected chi connectivity index (χ4v) is 10.0. The summed E-state index contributed by atoms with van der Waals surface area (Å²) in [7, 11) is 0. The van der Waals surface area contributed by atoms with Crippen molar-refractivity contribution >= 4 is 101 Å². The van der Waals surface area contributed by atoms with Crippen LogP contribution in [0, 0.1) is 5.41 Å². The molecule has 2 saturated heterocycles. The van der Waals surface area contributed by atoms with Crippen LogP contribution >= 0.6 is 73.5 Å². The summed E-state index contributed by atoms with van der Waals surface area (Å²) in [6.07, 6.45) is 1.83. The highest BCUT2D eigenvalue weighted by Gasteiger charge is 2.56. The van der Waals surface area contributed by atoms with Crippen molar-refractivity contribution in [3.8, 4) is 0 Å². The Morgan fingerprint density at radius 1 is 1.29 bits per heavy atom. The van der Waals surface area contributed by atoms with Crippen LogP contribution in [-0.2, 0) is 20.8 Å². The molecule has 2 N–H and O–H groups in total. The minimum atomic E-state index is -1.25. The van der Waals surface area contributed by atoms with Gasteiger partial charge in [-0.05, 0) is 44.2 Å². The van der Waals surface area contributed by atoms with E-state index in [4.69, 9.17) is 0 Å². The van der Waals surface area contributed by atoms with E-state index in [1.165, 1.54) is 62.4 Å². The first-order chi connectivity index (χ1) is 16.8. The first-order valence-corrected chi connectivity index (χ1v) is 15.6. The third kappa shape index (κ3) is 4.74. The van der Waals surface area contributed by atoms with E-state index in [1.807, 2.05) is 29.0 Å². The number of carbonyl (C=O) groups excluding carboxylic acids is 2. The molecule has 2 fully saturated rings. The van der Waals surface area contributed by atoms with Crippen LogP contribution in [0.2, 0.25) is 0 Å². The summed E-state index contributed by atoms with van der Waals surface area (Å²) in [6, 6.07) is 5.00. The monoisotopic (exact) mass is 628 g/mol. The lowest BCUT2D eigenvalue weighted by atomic mass is 9.87. The molecule has 0 saturated carbocycles. The van der Waals surface area contributed by atoms with Crippen LogP contribution in [0.25, 0.3) is 9.40 Å². The van der Waals surface area contributed by atoms with Crippen LogP contribution in [0.3, 0.4) is 0 Å². The highest BCUT2D eigenvalue weighted by Crippen LogP contribution is 2.44. The van der Waals surface area contributed by atoms with Crippen LogP contribution in [0.5, 0.6) is 0 Å². The van der Waals surface area contributed by atoms with Crippen molar-refractivity contribution in [3.05, 3.63) is 60.0 Å². The predicted molar refractivity (Wildman–Crippen MR) is 147 cm³/mol. The molecule has 3 atom stereocenters. The zero-order valence-corrected chi connectivity index (χ0v) is 23.4. The van der Waals surface area contributed by atoms with Gasteiger partial charge in [0.2, 0.25) is 17.2 Å². The molecule has 0 spiro atoms. The number of amides is 2. The van der Waals surface area contributed by atoms with Gasteiger partial charge in [0.05, 0.1) is 24.5 Å². The van der Waals surface area contributed by atoms with Gasteiger partial charge in [-0.1, -0.05) is 23.9 Å². The average molecular weight is 630 g/mol. The number of nitrogens with zero attached hydrogens (tertiary/aromatic N) is 1. The van der Waals surface area contributed by atoms with Crippen molar-refractivity contribution in [2.24, 2.45) is 5.41 Å². The van der Waals surface area contributed by atoms with Crippen molar-refractivity contribution in [1.82, 2.24) is 10.2 Å². The smallest absolute Gasteiger partial charge is 0.316 e. The number of hydrogen-bond acceptors (Lipinski definition) is 9. The molecule has 0 aromatic carbocycles. The first-order valence-electron chi connectivity index (χ1n) is 10.3. The predicted octanol–water partition coefficient (Wildman–Crippen LogP) is 4.47. The van der Waals surface area contributed by atoms with E-state index in [1.54, 1.807) is 11.5 Å². The van der Waals surface area contributed by atoms with Gasteiger partial charge in [-0.3, -0.25) is 19.2 Å². The normalized spacial score (nSPS) is 23.9. The number of fused-ring (bicyclic) bond motifs is 2. The van der Waals surface area contributed by atoms with Gasteiger partial charge in [-0.25, -0.2) is 0 Å². The van der Waals surface area contributed by atoms with Gasteiger partial charge < -0.3 is 15.3 Å². The van der Waals surface area contributed by atoms with Gasteiger partial charge >= 0.3 is 5.97 Å². The number of carbonyl (C=O) groups is 3. The van der Waals surface area contributed by atoms with E-state index in [-0.39, 0.29) is 41.3 Å². The Kier molecular flexibility index (Phi) is 7.16. The van der Waals surface area contributed by atoms with Crippen LogP contribution in [0.4, 0.5) is 0 Å². The number of aliphatic carboxylic acids is 1. The minimum absolute atomic E-state index is 0.0359. The van der Waals surface area contributed by atoms with E-state index in [9.17, 15) is 24.3 Å². The van der Waals surface area contributed by atoms with E-state index in [2.05, 4.69) is 21.2 Å². The number of halogens is 1. The lowest BCUT2D eigenvalue weighted by Gasteiger charge is -2.53. The summed E-state index contributed by atoms with van der Waals surface area (Å²) in [5.41, 5.74) is -1.33. The molecule has 2 unspecified atom stereocenters. The number of carboxylic acids is 1. The largest absolute Gasteiger partial charge is 0.481 e. The molecule has 0 aliphatic carbocycles. The number of carboxylic acid groups (broad SMARTS) is 1. The van der Waals surface area contributed by atoms with Gasteiger partial charge in [0.1, 0.15) is 16.8 Å². The quantitative estimate of drug-likeness (QED) is 0.294. The lowest BCUT2D eigenvalue weighted by molar-refractivity contribution is -0.156. The van der Waals surface area contributed by atoms with Crippen molar-refractivity contribution in [3.63, 3.8) is 0 Å². The van der Waals surface area contributed by atoms with Crippen molar-refractivity contribution in [2.75, 3.05) is 12.3 Å². The number of hydrogen-bond donors (Lipinski definition) is 2. The molecule has 182 valence electrons.